The van der Waals surface area contributed by atoms with E-state index >= 15 is 0 Å². The van der Waals surface area contributed by atoms with Gasteiger partial charge in [-0.25, -0.2) is 0 Å². The zero-order valence-corrected chi connectivity index (χ0v) is 12.5. The highest BCUT2D eigenvalue weighted by Gasteiger charge is 2.21. The molecule has 2 heteroatoms. The predicted molar refractivity (Wildman–Crippen MR) is 78.9 cm³/mol. The van der Waals surface area contributed by atoms with E-state index in [0.717, 1.165) is 18.0 Å². The second-order valence-corrected chi connectivity index (χ2v) is 6.48. The normalized spacial score (nSPS) is 32.3. The summed E-state index contributed by atoms with van der Waals surface area (Å²) in [6.45, 7) is 8.59. The van der Waals surface area contributed by atoms with Gasteiger partial charge in [0.2, 0.25) is 0 Å². The Morgan fingerprint density at radius 3 is 2.33 bits per heavy atom. The molecular weight excluding hydrogens is 220 g/mol. The Labute approximate surface area is 114 Å². The van der Waals surface area contributed by atoms with Gasteiger partial charge in [-0.05, 0) is 64.5 Å². The molecule has 106 valence electrons. The summed E-state index contributed by atoms with van der Waals surface area (Å²) in [5.74, 6) is 1.02. The molecule has 18 heavy (non-hydrogen) atoms. The average Bonchev–Trinajstić information content (AvgIpc) is 2.46. The molecule has 0 aromatic carbocycles. The minimum Gasteiger partial charge on any atom is -0.312 e. The maximum absolute atomic E-state index is 3.82. The van der Waals surface area contributed by atoms with Crippen LogP contribution in [0.3, 0.4) is 0 Å². The van der Waals surface area contributed by atoms with Crippen LogP contribution in [0.2, 0.25) is 0 Å². The van der Waals surface area contributed by atoms with Gasteiger partial charge < -0.3 is 5.32 Å². The van der Waals surface area contributed by atoms with Gasteiger partial charge >= 0.3 is 0 Å². The number of likely N-dealkylation sites (tertiary alicyclic amines) is 1. The van der Waals surface area contributed by atoms with Crippen molar-refractivity contribution >= 4 is 0 Å². The standard InChI is InChI=1S/C16H32N2/c1-3-15-7-9-16(10-8-15)17-13-14(2)18-11-5-4-6-12-18/h14-17H,3-13H2,1-2H3. The van der Waals surface area contributed by atoms with Crippen LogP contribution in [-0.2, 0) is 0 Å². The molecular formula is C16H32N2. The fourth-order valence-electron chi connectivity index (χ4n) is 3.60. The van der Waals surface area contributed by atoms with Gasteiger partial charge in [-0.2, -0.15) is 0 Å². The number of rotatable bonds is 5. The maximum atomic E-state index is 3.82. The smallest absolute Gasteiger partial charge is 0.0192 e. The van der Waals surface area contributed by atoms with Gasteiger partial charge in [-0.3, -0.25) is 4.90 Å². The fraction of sp³-hybridized carbons (Fsp3) is 1.00. The largest absolute Gasteiger partial charge is 0.312 e. The molecule has 0 aromatic heterocycles. The average molecular weight is 252 g/mol. The Bertz CT molecular complexity index is 215. The number of hydrogen-bond acceptors (Lipinski definition) is 2. The maximum Gasteiger partial charge on any atom is 0.0192 e. The van der Waals surface area contributed by atoms with Crippen molar-refractivity contribution in [2.45, 2.75) is 77.3 Å². The van der Waals surface area contributed by atoms with Crippen LogP contribution in [0.15, 0.2) is 0 Å². The molecule has 1 heterocycles. The van der Waals surface area contributed by atoms with Gasteiger partial charge in [0.05, 0.1) is 0 Å². The lowest BCUT2D eigenvalue weighted by atomic mass is 9.84. The summed E-state index contributed by atoms with van der Waals surface area (Å²) in [5, 5.41) is 3.82. The molecule has 1 aliphatic carbocycles. The molecule has 2 nitrogen and oxygen atoms in total. The van der Waals surface area contributed by atoms with Crippen LogP contribution in [0.1, 0.15) is 65.2 Å². The first-order valence-electron chi connectivity index (χ1n) is 8.27. The Balaban J connectivity index is 1.62. The molecule has 0 radical (unpaired) electrons. The third-order valence-electron chi connectivity index (χ3n) is 5.14. The van der Waals surface area contributed by atoms with Crippen LogP contribution >= 0.6 is 0 Å². The molecule has 2 fully saturated rings. The van der Waals surface area contributed by atoms with Crippen molar-refractivity contribution in [1.29, 1.82) is 0 Å². The third-order valence-corrected chi connectivity index (χ3v) is 5.14. The van der Waals surface area contributed by atoms with Gasteiger partial charge in [-0.1, -0.05) is 19.8 Å². The highest BCUT2D eigenvalue weighted by Crippen LogP contribution is 2.26. The van der Waals surface area contributed by atoms with Crippen LogP contribution in [0, 0.1) is 5.92 Å². The number of nitrogens with zero attached hydrogens (tertiary/aromatic N) is 1. The van der Waals surface area contributed by atoms with E-state index < -0.39 is 0 Å². The van der Waals surface area contributed by atoms with Crippen molar-refractivity contribution in [3.05, 3.63) is 0 Å². The first-order valence-corrected chi connectivity index (χ1v) is 8.27. The predicted octanol–water partition coefficient (Wildman–Crippen LogP) is 3.42. The van der Waals surface area contributed by atoms with E-state index in [4.69, 9.17) is 0 Å². The fourth-order valence-corrected chi connectivity index (χ4v) is 3.60. The lowest BCUT2D eigenvalue weighted by Crippen LogP contribution is -2.46. The summed E-state index contributed by atoms with van der Waals surface area (Å²) < 4.78 is 0. The summed E-state index contributed by atoms with van der Waals surface area (Å²) in [7, 11) is 0. The minimum absolute atomic E-state index is 0.731. The van der Waals surface area contributed by atoms with E-state index in [1.54, 1.807) is 0 Å². The molecule has 1 aliphatic heterocycles. The van der Waals surface area contributed by atoms with Crippen LogP contribution in [0.4, 0.5) is 0 Å². The lowest BCUT2D eigenvalue weighted by molar-refractivity contribution is 0.163. The number of hydrogen-bond donors (Lipinski definition) is 1. The number of piperidine rings is 1. The van der Waals surface area contributed by atoms with Crippen molar-refractivity contribution in [3.8, 4) is 0 Å². The molecule has 0 spiro atoms. The van der Waals surface area contributed by atoms with Crippen LogP contribution < -0.4 is 5.32 Å². The second-order valence-electron chi connectivity index (χ2n) is 6.48. The molecule has 2 rings (SSSR count). The highest BCUT2D eigenvalue weighted by atomic mass is 15.2. The van der Waals surface area contributed by atoms with Gasteiger partial charge in [0.1, 0.15) is 0 Å². The molecule has 1 N–H and O–H groups in total. The van der Waals surface area contributed by atoms with Gasteiger partial charge in [0.25, 0.3) is 0 Å². The summed E-state index contributed by atoms with van der Waals surface area (Å²) in [5.41, 5.74) is 0. The van der Waals surface area contributed by atoms with Crippen LogP contribution in [-0.4, -0.2) is 36.6 Å². The molecule has 2 aliphatic rings. The first-order chi connectivity index (χ1) is 8.79. The Hall–Kier alpha value is -0.0800. The van der Waals surface area contributed by atoms with Gasteiger partial charge in [0.15, 0.2) is 0 Å². The van der Waals surface area contributed by atoms with Crippen molar-refractivity contribution in [2.24, 2.45) is 5.92 Å². The SMILES string of the molecule is CCC1CCC(NCC(C)N2CCCCC2)CC1. The quantitative estimate of drug-likeness (QED) is 0.806. The Morgan fingerprint density at radius 1 is 1.06 bits per heavy atom. The molecule has 0 amide bonds. The second kappa shape index (κ2) is 7.49. The molecule has 1 atom stereocenters. The van der Waals surface area contributed by atoms with Gasteiger partial charge in [-0.15, -0.1) is 0 Å². The first kappa shape index (κ1) is 14.3. The molecule has 1 saturated carbocycles. The summed E-state index contributed by atoms with van der Waals surface area (Å²) in [6.07, 6.45) is 11.4. The summed E-state index contributed by atoms with van der Waals surface area (Å²) >= 11 is 0. The lowest BCUT2D eigenvalue weighted by Gasteiger charge is -2.35. The monoisotopic (exact) mass is 252 g/mol. The van der Waals surface area contributed by atoms with Gasteiger partial charge in [0, 0.05) is 18.6 Å². The molecule has 0 bridgehead atoms. The Kier molecular flexibility index (Phi) is 5.97. The third kappa shape index (κ3) is 4.24. The van der Waals surface area contributed by atoms with E-state index in [0.29, 0.717) is 0 Å². The Morgan fingerprint density at radius 2 is 1.72 bits per heavy atom. The van der Waals surface area contributed by atoms with E-state index in [1.165, 1.54) is 71.0 Å². The highest BCUT2D eigenvalue weighted by molar-refractivity contribution is 4.80. The topological polar surface area (TPSA) is 15.3 Å². The zero-order chi connectivity index (χ0) is 12.8. The van der Waals surface area contributed by atoms with Crippen molar-refractivity contribution in [1.82, 2.24) is 10.2 Å². The van der Waals surface area contributed by atoms with Crippen LogP contribution in [0.25, 0.3) is 0 Å². The van der Waals surface area contributed by atoms with E-state index in [-0.39, 0.29) is 0 Å². The number of nitrogens with one attached hydrogen (secondary N) is 1. The van der Waals surface area contributed by atoms with Crippen molar-refractivity contribution in [3.63, 3.8) is 0 Å². The van der Waals surface area contributed by atoms with E-state index in [2.05, 4.69) is 24.1 Å². The zero-order valence-electron chi connectivity index (χ0n) is 12.5. The summed E-state index contributed by atoms with van der Waals surface area (Å²) in [4.78, 5) is 2.67. The molecule has 0 aromatic rings. The molecule has 1 unspecified atom stereocenters. The van der Waals surface area contributed by atoms with Crippen molar-refractivity contribution in [2.75, 3.05) is 19.6 Å². The minimum atomic E-state index is 0.731. The van der Waals surface area contributed by atoms with E-state index in [1.807, 2.05) is 0 Å². The summed E-state index contributed by atoms with van der Waals surface area (Å²) in [6, 6.07) is 1.54. The molecule has 1 saturated heterocycles. The van der Waals surface area contributed by atoms with E-state index in [9.17, 15) is 0 Å². The van der Waals surface area contributed by atoms with Crippen LogP contribution in [0.5, 0.6) is 0 Å². The van der Waals surface area contributed by atoms with Crippen molar-refractivity contribution < 1.29 is 0 Å².